The highest BCUT2D eigenvalue weighted by Gasteiger charge is 2.28. The Kier molecular flexibility index (Phi) is 4.43. The molecule has 0 bridgehead atoms. The van der Waals surface area contributed by atoms with Crippen LogP contribution in [0.15, 0.2) is 24.5 Å². The molecule has 0 saturated carbocycles. The van der Waals surface area contributed by atoms with Crippen LogP contribution < -0.4 is 11.1 Å². The molecule has 5 nitrogen and oxygen atoms in total. The Morgan fingerprint density at radius 1 is 1.39 bits per heavy atom. The molecule has 0 fully saturated rings. The summed E-state index contributed by atoms with van der Waals surface area (Å²) in [7, 11) is 0. The quantitative estimate of drug-likeness (QED) is 0.904. The van der Waals surface area contributed by atoms with Gasteiger partial charge in [-0.05, 0) is 42.9 Å². The number of thiophene rings is 1. The number of fused-ring (bicyclic) bond motifs is 1. The van der Waals surface area contributed by atoms with Crippen molar-refractivity contribution in [1.29, 1.82) is 0 Å². The van der Waals surface area contributed by atoms with Gasteiger partial charge in [0.05, 0.1) is 5.56 Å². The van der Waals surface area contributed by atoms with Crippen molar-refractivity contribution in [2.45, 2.75) is 32.6 Å². The first-order chi connectivity index (χ1) is 11.1. The second kappa shape index (κ2) is 6.50. The number of nitrogens with one attached hydrogen (secondary N) is 1. The average molecular weight is 329 g/mol. The maximum absolute atomic E-state index is 12.3. The van der Waals surface area contributed by atoms with Gasteiger partial charge in [0.15, 0.2) is 0 Å². The highest BCUT2D eigenvalue weighted by molar-refractivity contribution is 7.17. The summed E-state index contributed by atoms with van der Waals surface area (Å²) >= 11 is 1.48. The molecule has 0 spiro atoms. The highest BCUT2D eigenvalue weighted by Crippen LogP contribution is 2.40. The van der Waals surface area contributed by atoms with E-state index >= 15 is 0 Å². The molecule has 1 aliphatic carbocycles. The zero-order valence-corrected chi connectivity index (χ0v) is 13.8. The molecular weight excluding hydrogens is 310 g/mol. The number of nitrogens with zero attached hydrogens (tertiary/aromatic N) is 1. The summed E-state index contributed by atoms with van der Waals surface area (Å²) in [5, 5.41) is 3.42. The molecule has 0 saturated heterocycles. The van der Waals surface area contributed by atoms with E-state index in [4.69, 9.17) is 5.73 Å². The largest absolute Gasteiger partial charge is 0.365 e. The van der Waals surface area contributed by atoms with Crippen molar-refractivity contribution in [3.8, 4) is 0 Å². The molecule has 2 heterocycles. The van der Waals surface area contributed by atoms with Crippen LogP contribution in [0.2, 0.25) is 0 Å². The van der Waals surface area contributed by atoms with Gasteiger partial charge in [0.2, 0.25) is 0 Å². The van der Waals surface area contributed by atoms with Crippen molar-refractivity contribution in [1.82, 2.24) is 4.98 Å². The van der Waals surface area contributed by atoms with Crippen LogP contribution in [-0.4, -0.2) is 16.8 Å². The van der Waals surface area contributed by atoms with E-state index in [0.717, 1.165) is 31.2 Å². The first kappa shape index (κ1) is 15.7. The molecule has 1 aliphatic rings. The molecule has 2 amide bonds. The van der Waals surface area contributed by atoms with Gasteiger partial charge in [-0.2, -0.15) is 0 Å². The smallest absolute Gasteiger partial charge is 0.256 e. The van der Waals surface area contributed by atoms with Crippen LogP contribution in [-0.2, 0) is 12.8 Å². The van der Waals surface area contributed by atoms with E-state index in [1.807, 2.05) is 0 Å². The maximum Gasteiger partial charge on any atom is 0.256 e. The number of rotatable bonds is 4. The summed E-state index contributed by atoms with van der Waals surface area (Å²) in [6.45, 7) is 2.18. The van der Waals surface area contributed by atoms with Gasteiger partial charge in [-0.3, -0.25) is 14.6 Å². The van der Waals surface area contributed by atoms with E-state index in [-0.39, 0.29) is 5.91 Å². The fraction of sp³-hybridized carbons (Fsp3) is 0.353. The molecule has 3 N–H and O–H groups in total. The molecule has 2 aromatic heterocycles. The molecule has 0 unspecified atom stereocenters. The Morgan fingerprint density at radius 2 is 2.13 bits per heavy atom. The Morgan fingerprint density at radius 3 is 2.78 bits per heavy atom. The molecule has 0 aromatic carbocycles. The molecule has 3 rings (SSSR count). The Hall–Kier alpha value is -2.21. The van der Waals surface area contributed by atoms with Crippen LogP contribution in [0.1, 0.15) is 50.9 Å². The van der Waals surface area contributed by atoms with Gasteiger partial charge in [-0.1, -0.05) is 13.3 Å². The Balaban J connectivity index is 1.92. The lowest BCUT2D eigenvalue weighted by Crippen LogP contribution is -2.19. The number of aromatic nitrogens is 1. The molecule has 0 aliphatic heterocycles. The zero-order chi connectivity index (χ0) is 16.4. The van der Waals surface area contributed by atoms with Crippen molar-refractivity contribution in [3.63, 3.8) is 0 Å². The fourth-order valence-corrected chi connectivity index (χ4v) is 4.39. The topological polar surface area (TPSA) is 85.1 Å². The first-order valence-electron chi connectivity index (χ1n) is 7.75. The Labute approximate surface area is 138 Å². The van der Waals surface area contributed by atoms with E-state index in [1.54, 1.807) is 24.5 Å². The number of amides is 2. The summed E-state index contributed by atoms with van der Waals surface area (Å²) in [6.07, 6.45) is 7.14. The van der Waals surface area contributed by atoms with Crippen LogP contribution in [0, 0.1) is 5.92 Å². The van der Waals surface area contributed by atoms with Crippen LogP contribution in [0.25, 0.3) is 0 Å². The van der Waals surface area contributed by atoms with Crippen molar-refractivity contribution < 1.29 is 9.59 Å². The number of anilines is 1. The molecule has 120 valence electrons. The summed E-state index contributed by atoms with van der Waals surface area (Å²) in [5.41, 5.74) is 7.59. The van der Waals surface area contributed by atoms with E-state index in [0.29, 0.717) is 22.0 Å². The first-order valence-corrected chi connectivity index (χ1v) is 8.57. The predicted molar refractivity (Wildman–Crippen MR) is 90.8 cm³/mol. The van der Waals surface area contributed by atoms with Gasteiger partial charge < -0.3 is 11.1 Å². The normalized spacial score (nSPS) is 16.7. The lowest BCUT2D eigenvalue weighted by molar-refractivity contribution is 0.1000. The number of primary amides is 1. The van der Waals surface area contributed by atoms with Gasteiger partial charge in [0.25, 0.3) is 11.8 Å². The standard InChI is InChI=1S/C17H19N3O2S/c1-2-10-3-4-12-13(9-10)23-17(14(12)15(18)21)20-16(22)11-5-7-19-8-6-11/h5-8,10H,2-4,9H2,1H3,(H2,18,21)(H,20,22)/t10-/m0/s1. The van der Waals surface area contributed by atoms with Gasteiger partial charge in [-0.25, -0.2) is 0 Å². The second-order valence-electron chi connectivity index (χ2n) is 5.78. The van der Waals surface area contributed by atoms with E-state index < -0.39 is 5.91 Å². The number of hydrogen-bond acceptors (Lipinski definition) is 4. The monoisotopic (exact) mass is 329 g/mol. The summed E-state index contributed by atoms with van der Waals surface area (Å²) < 4.78 is 0. The molecular formula is C17H19N3O2S. The summed E-state index contributed by atoms with van der Waals surface area (Å²) in [4.78, 5) is 29.3. The van der Waals surface area contributed by atoms with Crippen LogP contribution in [0.3, 0.4) is 0 Å². The number of carbonyl (C=O) groups excluding carboxylic acids is 2. The number of nitrogens with two attached hydrogens (primary N) is 1. The van der Waals surface area contributed by atoms with Crippen LogP contribution in [0.5, 0.6) is 0 Å². The summed E-state index contributed by atoms with van der Waals surface area (Å²) in [5.74, 6) is -0.0753. The van der Waals surface area contributed by atoms with Gasteiger partial charge >= 0.3 is 0 Å². The summed E-state index contributed by atoms with van der Waals surface area (Å²) in [6, 6.07) is 3.28. The van der Waals surface area contributed by atoms with E-state index in [1.165, 1.54) is 16.2 Å². The highest BCUT2D eigenvalue weighted by atomic mass is 32.1. The fourth-order valence-electron chi connectivity index (χ4n) is 3.03. The SMILES string of the molecule is CC[C@H]1CCc2c(sc(NC(=O)c3ccncc3)c2C(N)=O)C1. The number of hydrogen-bond donors (Lipinski definition) is 2. The third-order valence-corrected chi connectivity index (χ3v) is 5.53. The van der Waals surface area contributed by atoms with E-state index in [2.05, 4.69) is 17.2 Å². The molecule has 0 radical (unpaired) electrons. The minimum atomic E-state index is -0.470. The lowest BCUT2D eigenvalue weighted by Gasteiger charge is -2.20. The maximum atomic E-state index is 12.3. The van der Waals surface area contributed by atoms with E-state index in [9.17, 15) is 9.59 Å². The average Bonchev–Trinajstić information content (AvgIpc) is 2.92. The predicted octanol–water partition coefficient (Wildman–Crippen LogP) is 3.01. The zero-order valence-electron chi connectivity index (χ0n) is 13.0. The molecule has 2 aromatic rings. The van der Waals surface area contributed by atoms with Crippen molar-refractivity contribution in [2.24, 2.45) is 11.7 Å². The van der Waals surface area contributed by atoms with Crippen molar-refractivity contribution in [3.05, 3.63) is 46.1 Å². The number of carbonyl (C=O) groups is 2. The van der Waals surface area contributed by atoms with Gasteiger partial charge in [0, 0.05) is 22.8 Å². The minimum Gasteiger partial charge on any atom is -0.365 e. The molecule has 1 atom stereocenters. The van der Waals surface area contributed by atoms with Crippen molar-refractivity contribution >= 4 is 28.2 Å². The molecule has 6 heteroatoms. The number of pyridine rings is 1. The van der Waals surface area contributed by atoms with Crippen molar-refractivity contribution in [2.75, 3.05) is 5.32 Å². The Bertz CT molecular complexity index is 740. The van der Waals surface area contributed by atoms with Crippen LogP contribution in [0.4, 0.5) is 5.00 Å². The third-order valence-electron chi connectivity index (χ3n) is 4.36. The molecule has 23 heavy (non-hydrogen) atoms. The second-order valence-corrected chi connectivity index (χ2v) is 6.88. The van der Waals surface area contributed by atoms with Gasteiger partial charge in [-0.15, -0.1) is 11.3 Å². The minimum absolute atomic E-state index is 0.250. The van der Waals surface area contributed by atoms with Gasteiger partial charge in [0.1, 0.15) is 5.00 Å². The van der Waals surface area contributed by atoms with Crippen LogP contribution >= 0.6 is 11.3 Å². The third kappa shape index (κ3) is 3.12. The lowest BCUT2D eigenvalue weighted by atomic mass is 9.85.